The van der Waals surface area contributed by atoms with Gasteiger partial charge in [-0.05, 0) is 36.4 Å². The number of aromatic nitrogens is 3. The van der Waals surface area contributed by atoms with Crippen molar-refractivity contribution in [1.82, 2.24) is 14.8 Å². The Morgan fingerprint density at radius 2 is 1.68 bits per heavy atom. The lowest BCUT2D eigenvalue weighted by molar-refractivity contribution is -0.115. The Kier molecular flexibility index (Phi) is 6.62. The van der Waals surface area contributed by atoms with Gasteiger partial charge in [0.2, 0.25) is 12.7 Å². The van der Waals surface area contributed by atoms with Crippen molar-refractivity contribution in [3.8, 4) is 17.2 Å². The minimum Gasteiger partial charge on any atom is -0.454 e. The van der Waals surface area contributed by atoms with Crippen LogP contribution in [0.25, 0.3) is 5.69 Å². The Balaban J connectivity index is 1.23. The number of rotatable bonds is 9. The van der Waals surface area contributed by atoms with Crippen LogP contribution in [0.1, 0.15) is 12.2 Å². The summed E-state index contributed by atoms with van der Waals surface area (Å²) < 4.78 is 12.7. The molecule has 9 heteroatoms. The minimum absolute atomic E-state index is 0.0805. The second-order valence-electron chi connectivity index (χ2n) is 7.50. The summed E-state index contributed by atoms with van der Waals surface area (Å²) in [5.74, 6) is 2.60. The highest BCUT2D eigenvalue weighted by Crippen LogP contribution is 2.34. The monoisotopic (exact) mass is 473 g/mol. The first-order chi connectivity index (χ1) is 16.8. The van der Waals surface area contributed by atoms with Crippen LogP contribution in [-0.2, 0) is 11.3 Å². The standard InChI is InChI=1S/C25H23N5O3S/c31-24(27-19-11-12-21-22(15-19)33-17-32-21)13-14-34-25-29-28-23(16-26-18-7-3-1-4-8-18)30(25)20-9-5-2-6-10-20/h1-12,15,26H,13-14,16-17H2,(H,27,31). The summed E-state index contributed by atoms with van der Waals surface area (Å²) >= 11 is 1.50. The van der Waals surface area contributed by atoms with Crippen LogP contribution in [0.15, 0.2) is 84.0 Å². The van der Waals surface area contributed by atoms with E-state index in [1.54, 1.807) is 18.2 Å². The molecule has 34 heavy (non-hydrogen) atoms. The molecule has 2 N–H and O–H groups in total. The quantitative estimate of drug-likeness (QED) is 0.340. The maximum absolute atomic E-state index is 12.5. The van der Waals surface area contributed by atoms with Gasteiger partial charge in [-0.1, -0.05) is 48.2 Å². The van der Waals surface area contributed by atoms with Crippen molar-refractivity contribution in [2.45, 2.75) is 18.1 Å². The first-order valence-electron chi connectivity index (χ1n) is 10.9. The van der Waals surface area contributed by atoms with Gasteiger partial charge in [-0.25, -0.2) is 0 Å². The Morgan fingerprint density at radius 3 is 2.50 bits per heavy atom. The van der Waals surface area contributed by atoms with Crippen LogP contribution < -0.4 is 20.1 Å². The molecule has 172 valence electrons. The molecule has 0 radical (unpaired) electrons. The number of hydrogen-bond donors (Lipinski definition) is 2. The number of carbonyl (C=O) groups excluding carboxylic acids is 1. The summed E-state index contributed by atoms with van der Waals surface area (Å²) in [7, 11) is 0. The van der Waals surface area contributed by atoms with Gasteiger partial charge >= 0.3 is 0 Å². The predicted molar refractivity (Wildman–Crippen MR) is 132 cm³/mol. The molecule has 3 aromatic carbocycles. The summed E-state index contributed by atoms with van der Waals surface area (Å²) in [6.07, 6.45) is 0.332. The molecule has 5 rings (SSSR count). The average molecular weight is 474 g/mol. The minimum atomic E-state index is -0.0805. The van der Waals surface area contributed by atoms with Gasteiger partial charge in [0.15, 0.2) is 22.5 Å². The smallest absolute Gasteiger partial charge is 0.231 e. The lowest BCUT2D eigenvalue weighted by Crippen LogP contribution is -2.12. The van der Waals surface area contributed by atoms with Gasteiger partial charge in [-0.2, -0.15) is 0 Å². The van der Waals surface area contributed by atoms with Crippen LogP contribution in [-0.4, -0.2) is 33.2 Å². The van der Waals surface area contributed by atoms with Crippen molar-refractivity contribution in [2.24, 2.45) is 0 Å². The molecule has 1 aliphatic heterocycles. The maximum Gasteiger partial charge on any atom is 0.231 e. The zero-order chi connectivity index (χ0) is 23.2. The third-order valence-electron chi connectivity index (χ3n) is 5.16. The molecule has 0 unspecified atom stereocenters. The number of fused-ring (bicyclic) bond motifs is 1. The van der Waals surface area contributed by atoms with Gasteiger partial charge in [0.05, 0.1) is 6.54 Å². The molecule has 0 saturated carbocycles. The van der Waals surface area contributed by atoms with E-state index >= 15 is 0 Å². The van der Waals surface area contributed by atoms with E-state index in [4.69, 9.17) is 9.47 Å². The van der Waals surface area contributed by atoms with E-state index in [9.17, 15) is 4.79 Å². The number of nitrogens with one attached hydrogen (secondary N) is 2. The second kappa shape index (κ2) is 10.3. The van der Waals surface area contributed by atoms with Crippen LogP contribution in [0, 0.1) is 0 Å². The van der Waals surface area contributed by atoms with E-state index in [1.165, 1.54) is 11.8 Å². The SMILES string of the molecule is O=C(CCSc1nnc(CNc2ccccc2)n1-c1ccccc1)Nc1ccc2c(c1)OCO2. The van der Waals surface area contributed by atoms with Gasteiger partial charge < -0.3 is 20.1 Å². The summed E-state index contributed by atoms with van der Waals surface area (Å²) in [5, 5.41) is 15.8. The summed E-state index contributed by atoms with van der Waals surface area (Å²) in [5.41, 5.74) is 2.67. The number of ether oxygens (including phenoxy) is 2. The number of amides is 1. The fourth-order valence-electron chi connectivity index (χ4n) is 3.51. The lowest BCUT2D eigenvalue weighted by atomic mass is 10.2. The summed E-state index contributed by atoms with van der Waals surface area (Å²) in [6.45, 7) is 0.728. The Hall–Kier alpha value is -3.98. The van der Waals surface area contributed by atoms with Crippen LogP contribution in [0.4, 0.5) is 11.4 Å². The lowest BCUT2D eigenvalue weighted by Gasteiger charge is -2.11. The highest BCUT2D eigenvalue weighted by atomic mass is 32.2. The number of thioether (sulfide) groups is 1. The number of anilines is 2. The molecule has 0 saturated heterocycles. The normalized spacial score (nSPS) is 11.9. The van der Waals surface area contributed by atoms with E-state index in [2.05, 4.69) is 20.8 Å². The largest absolute Gasteiger partial charge is 0.454 e. The molecule has 0 spiro atoms. The average Bonchev–Trinajstić information content (AvgIpc) is 3.50. The number of carbonyl (C=O) groups is 1. The summed E-state index contributed by atoms with van der Waals surface area (Å²) in [6, 6.07) is 25.3. The Bertz CT molecular complexity index is 1260. The number of benzene rings is 3. The molecular weight excluding hydrogens is 450 g/mol. The molecule has 4 aromatic rings. The topological polar surface area (TPSA) is 90.3 Å². The molecule has 1 aromatic heterocycles. The highest BCUT2D eigenvalue weighted by Gasteiger charge is 2.16. The zero-order valence-electron chi connectivity index (χ0n) is 18.3. The number of hydrogen-bond acceptors (Lipinski definition) is 7. The molecule has 1 amide bonds. The molecule has 2 heterocycles. The first-order valence-corrected chi connectivity index (χ1v) is 11.9. The van der Waals surface area contributed by atoms with Crippen LogP contribution in [0.5, 0.6) is 11.5 Å². The molecule has 1 aliphatic rings. The van der Waals surface area contributed by atoms with Gasteiger partial charge in [0.1, 0.15) is 0 Å². The molecule has 0 atom stereocenters. The highest BCUT2D eigenvalue weighted by molar-refractivity contribution is 7.99. The maximum atomic E-state index is 12.5. The molecular formula is C25H23N5O3S. The van der Waals surface area contributed by atoms with Gasteiger partial charge in [-0.15, -0.1) is 10.2 Å². The number of para-hydroxylation sites is 2. The van der Waals surface area contributed by atoms with Crippen LogP contribution >= 0.6 is 11.8 Å². The van der Waals surface area contributed by atoms with Crippen LogP contribution in [0.2, 0.25) is 0 Å². The Morgan fingerprint density at radius 1 is 0.912 bits per heavy atom. The van der Waals surface area contributed by atoms with E-state index < -0.39 is 0 Å². The van der Waals surface area contributed by atoms with Gasteiger partial charge in [0.25, 0.3) is 0 Å². The third-order valence-corrected chi connectivity index (χ3v) is 6.09. The zero-order valence-corrected chi connectivity index (χ0v) is 19.1. The van der Waals surface area contributed by atoms with Crippen LogP contribution in [0.3, 0.4) is 0 Å². The van der Waals surface area contributed by atoms with Crippen molar-refractivity contribution in [3.63, 3.8) is 0 Å². The molecule has 8 nitrogen and oxygen atoms in total. The molecule has 0 bridgehead atoms. The van der Waals surface area contributed by atoms with E-state index in [0.29, 0.717) is 35.9 Å². The van der Waals surface area contributed by atoms with Crippen molar-refractivity contribution in [3.05, 3.63) is 84.7 Å². The van der Waals surface area contributed by atoms with Crippen molar-refractivity contribution >= 4 is 29.0 Å². The molecule has 0 fully saturated rings. The number of nitrogens with zero attached hydrogens (tertiary/aromatic N) is 3. The second-order valence-corrected chi connectivity index (χ2v) is 8.57. The van der Waals surface area contributed by atoms with E-state index in [0.717, 1.165) is 22.4 Å². The van der Waals surface area contributed by atoms with Crippen molar-refractivity contribution < 1.29 is 14.3 Å². The third kappa shape index (κ3) is 5.15. The predicted octanol–water partition coefficient (Wildman–Crippen LogP) is 4.73. The Labute approximate surface area is 201 Å². The molecule has 0 aliphatic carbocycles. The van der Waals surface area contributed by atoms with Crippen molar-refractivity contribution in [1.29, 1.82) is 0 Å². The summed E-state index contributed by atoms with van der Waals surface area (Å²) in [4.78, 5) is 12.5. The fourth-order valence-corrected chi connectivity index (χ4v) is 4.42. The van der Waals surface area contributed by atoms with Gasteiger partial charge in [0, 0.05) is 35.3 Å². The van der Waals surface area contributed by atoms with E-state index in [-0.39, 0.29) is 12.7 Å². The first kappa shape index (κ1) is 21.8. The fraction of sp³-hybridized carbons (Fsp3) is 0.160. The van der Waals surface area contributed by atoms with Gasteiger partial charge in [-0.3, -0.25) is 9.36 Å². The van der Waals surface area contributed by atoms with Crippen molar-refractivity contribution in [2.75, 3.05) is 23.2 Å². The van der Waals surface area contributed by atoms with E-state index in [1.807, 2.05) is 65.2 Å².